The second-order valence-corrected chi connectivity index (χ2v) is 5.61. The van der Waals surface area contributed by atoms with Crippen LogP contribution in [-0.2, 0) is 10.2 Å². The van der Waals surface area contributed by atoms with E-state index in [0.29, 0.717) is 6.54 Å². The van der Waals surface area contributed by atoms with Gasteiger partial charge < -0.3 is 10.6 Å². The monoisotopic (exact) mass is 314 g/mol. The molecule has 0 saturated heterocycles. The summed E-state index contributed by atoms with van der Waals surface area (Å²) in [7, 11) is 0. The van der Waals surface area contributed by atoms with E-state index in [0.717, 1.165) is 31.4 Å². The highest BCUT2D eigenvalue weighted by Crippen LogP contribution is 2.44. The smallest absolute Gasteiger partial charge is 0.230 e. The molecule has 2 N–H and O–H groups in total. The van der Waals surface area contributed by atoms with Crippen molar-refractivity contribution in [1.29, 1.82) is 0 Å². The molecule has 3 nitrogen and oxygen atoms in total. The molecule has 1 aromatic carbocycles. The van der Waals surface area contributed by atoms with E-state index in [2.05, 4.69) is 10.6 Å². The maximum absolute atomic E-state index is 13.4. The standard InChI is InChI=1S/C16H23FN2O.ClH/c1-3-18-12(2)11-19-15(20)16(8-5-9-16)13-6-4-7-14(17)10-13;/h4,6-7,10,12,18H,3,5,8-9,11H2,1-2H3,(H,19,20);1H/t12-;/m1./s1. The van der Waals surface area contributed by atoms with Gasteiger partial charge in [-0.25, -0.2) is 4.39 Å². The lowest BCUT2D eigenvalue weighted by Gasteiger charge is -2.41. The lowest BCUT2D eigenvalue weighted by atomic mass is 9.64. The predicted octanol–water partition coefficient (Wildman–Crippen LogP) is 2.78. The maximum Gasteiger partial charge on any atom is 0.230 e. The third kappa shape index (κ3) is 3.95. The van der Waals surface area contributed by atoms with Gasteiger partial charge >= 0.3 is 0 Å². The minimum Gasteiger partial charge on any atom is -0.354 e. The number of halogens is 2. The van der Waals surface area contributed by atoms with Crippen LogP contribution in [0.25, 0.3) is 0 Å². The van der Waals surface area contributed by atoms with Gasteiger partial charge in [-0.2, -0.15) is 0 Å². The summed E-state index contributed by atoms with van der Waals surface area (Å²) < 4.78 is 13.4. The fraction of sp³-hybridized carbons (Fsp3) is 0.562. The second kappa shape index (κ2) is 7.76. The zero-order valence-electron chi connectivity index (χ0n) is 12.6. The van der Waals surface area contributed by atoms with E-state index in [1.807, 2.05) is 19.9 Å². The van der Waals surface area contributed by atoms with Gasteiger partial charge in [0.15, 0.2) is 0 Å². The Kier molecular flexibility index (Phi) is 6.62. The highest BCUT2D eigenvalue weighted by atomic mass is 35.5. The largest absolute Gasteiger partial charge is 0.354 e. The van der Waals surface area contributed by atoms with Crippen molar-refractivity contribution >= 4 is 18.3 Å². The Morgan fingerprint density at radius 3 is 2.67 bits per heavy atom. The summed E-state index contributed by atoms with van der Waals surface area (Å²) in [6.07, 6.45) is 2.63. The SMILES string of the molecule is CCN[C@H](C)CNC(=O)C1(c2cccc(F)c2)CCC1.Cl. The number of benzene rings is 1. The van der Waals surface area contributed by atoms with Crippen molar-refractivity contribution in [3.63, 3.8) is 0 Å². The summed E-state index contributed by atoms with van der Waals surface area (Å²) in [6, 6.07) is 6.69. The minimum atomic E-state index is -0.520. The van der Waals surface area contributed by atoms with Gasteiger partial charge in [0, 0.05) is 12.6 Å². The van der Waals surface area contributed by atoms with Crippen molar-refractivity contribution in [2.24, 2.45) is 0 Å². The number of hydrogen-bond donors (Lipinski definition) is 2. The third-order valence-electron chi connectivity index (χ3n) is 4.14. The van der Waals surface area contributed by atoms with Crippen LogP contribution in [0.15, 0.2) is 24.3 Å². The van der Waals surface area contributed by atoms with Crippen molar-refractivity contribution in [2.45, 2.75) is 44.6 Å². The van der Waals surface area contributed by atoms with Gasteiger partial charge in [-0.05, 0) is 44.0 Å². The number of carbonyl (C=O) groups is 1. The van der Waals surface area contributed by atoms with E-state index in [9.17, 15) is 9.18 Å². The Hall–Kier alpha value is -1.13. The molecule has 0 spiro atoms. The Balaban J connectivity index is 0.00000220. The van der Waals surface area contributed by atoms with E-state index in [1.165, 1.54) is 12.1 Å². The van der Waals surface area contributed by atoms with Crippen molar-refractivity contribution in [2.75, 3.05) is 13.1 Å². The maximum atomic E-state index is 13.4. The molecule has 0 bridgehead atoms. The summed E-state index contributed by atoms with van der Waals surface area (Å²) in [6.45, 7) is 5.56. The van der Waals surface area contributed by atoms with Crippen LogP contribution in [0.4, 0.5) is 4.39 Å². The molecule has 5 heteroatoms. The molecule has 1 atom stereocenters. The van der Waals surface area contributed by atoms with Crippen LogP contribution in [0.3, 0.4) is 0 Å². The Labute approximate surface area is 132 Å². The van der Waals surface area contributed by atoms with Gasteiger partial charge in [0.25, 0.3) is 0 Å². The van der Waals surface area contributed by atoms with E-state index in [1.54, 1.807) is 6.07 Å². The van der Waals surface area contributed by atoms with Gasteiger partial charge in [0.2, 0.25) is 5.91 Å². The molecule has 118 valence electrons. The van der Waals surface area contributed by atoms with Crippen LogP contribution in [-0.4, -0.2) is 25.0 Å². The predicted molar refractivity (Wildman–Crippen MR) is 85.3 cm³/mol. The van der Waals surface area contributed by atoms with E-state index >= 15 is 0 Å². The zero-order chi connectivity index (χ0) is 14.6. The average Bonchev–Trinajstić information content (AvgIpc) is 2.35. The first-order valence-electron chi connectivity index (χ1n) is 7.36. The Morgan fingerprint density at radius 1 is 1.43 bits per heavy atom. The summed E-state index contributed by atoms with van der Waals surface area (Å²) in [5.74, 6) is -0.248. The second-order valence-electron chi connectivity index (χ2n) is 5.61. The fourth-order valence-electron chi connectivity index (χ4n) is 2.80. The Morgan fingerprint density at radius 2 is 2.14 bits per heavy atom. The normalized spacial score (nSPS) is 17.3. The topological polar surface area (TPSA) is 41.1 Å². The summed E-state index contributed by atoms with van der Waals surface area (Å²) in [5, 5.41) is 6.27. The quantitative estimate of drug-likeness (QED) is 0.848. The first-order valence-corrected chi connectivity index (χ1v) is 7.36. The molecule has 1 fully saturated rings. The molecule has 1 aliphatic carbocycles. The molecule has 1 amide bonds. The van der Waals surface area contributed by atoms with Crippen LogP contribution >= 0.6 is 12.4 Å². The Bertz CT molecular complexity index is 477. The molecule has 21 heavy (non-hydrogen) atoms. The third-order valence-corrected chi connectivity index (χ3v) is 4.14. The van der Waals surface area contributed by atoms with Crippen molar-refractivity contribution in [3.8, 4) is 0 Å². The van der Waals surface area contributed by atoms with E-state index in [-0.39, 0.29) is 30.2 Å². The van der Waals surface area contributed by atoms with Crippen molar-refractivity contribution < 1.29 is 9.18 Å². The van der Waals surface area contributed by atoms with Gasteiger partial charge in [-0.3, -0.25) is 4.79 Å². The molecule has 1 aromatic rings. The minimum absolute atomic E-state index is 0. The number of nitrogens with one attached hydrogen (secondary N) is 2. The molecule has 0 aliphatic heterocycles. The summed E-state index contributed by atoms with van der Waals surface area (Å²) in [5.41, 5.74) is 0.283. The van der Waals surface area contributed by atoms with Crippen molar-refractivity contribution in [1.82, 2.24) is 10.6 Å². The van der Waals surface area contributed by atoms with Crippen LogP contribution in [0.2, 0.25) is 0 Å². The molecule has 1 aliphatic rings. The fourth-order valence-corrected chi connectivity index (χ4v) is 2.80. The first kappa shape index (κ1) is 17.9. The van der Waals surface area contributed by atoms with Crippen LogP contribution < -0.4 is 10.6 Å². The zero-order valence-corrected chi connectivity index (χ0v) is 13.4. The molecule has 0 aromatic heterocycles. The summed E-state index contributed by atoms with van der Waals surface area (Å²) in [4.78, 5) is 12.5. The highest BCUT2D eigenvalue weighted by Gasteiger charge is 2.45. The lowest BCUT2D eigenvalue weighted by Crippen LogP contribution is -2.51. The molecule has 0 radical (unpaired) electrons. The average molecular weight is 315 g/mol. The van der Waals surface area contributed by atoms with Gasteiger partial charge in [0.05, 0.1) is 5.41 Å². The molecule has 2 rings (SSSR count). The highest BCUT2D eigenvalue weighted by molar-refractivity contribution is 5.89. The number of rotatable bonds is 6. The van der Waals surface area contributed by atoms with Crippen LogP contribution in [0, 0.1) is 5.82 Å². The molecule has 0 unspecified atom stereocenters. The molecular formula is C16H24ClFN2O. The van der Waals surface area contributed by atoms with Crippen LogP contribution in [0.1, 0.15) is 38.7 Å². The van der Waals surface area contributed by atoms with E-state index in [4.69, 9.17) is 0 Å². The van der Waals surface area contributed by atoms with Gasteiger partial charge in [-0.1, -0.05) is 25.5 Å². The van der Waals surface area contributed by atoms with Crippen molar-refractivity contribution in [3.05, 3.63) is 35.6 Å². The van der Waals surface area contributed by atoms with E-state index < -0.39 is 5.41 Å². The summed E-state index contributed by atoms with van der Waals surface area (Å²) >= 11 is 0. The van der Waals surface area contributed by atoms with Crippen LogP contribution in [0.5, 0.6) is 0 Å². The van der Waals surface area contributed by atoms with Gasteiger partial charge in [-0.15, -0.1) is 12.4 Å². The number of hydrogen-bond acceptors (Lipinski definition) is 2. The number of likely N-dealkylation sites (N-methyl/N-ethyl adjacent to an activating group) is 1. The van der Waals surface area contributed by atoms with Gasteiger partial charge in [0.1, 0.15) is 5.82 Å². The lowest BCUT2D eigenvalue weighted by molar-refractivity contribution is -0.130. The number of amides is 1. The number of carbonyl (C=O) groups excluding carboxylic acids is 1. The first-order chi connectivity index (χ1) is 9.58. The molecular weight excluding hydrogens is 291 g/mol. The molecule has 0 heterocycles. The molecule has 1 saturated carbocycles.